The molecule has 1 saturated heterocycles. The predicted molar refractivity (Wildman–Crippen MR) is 80.2 cm³/mol. The van der Waals surface area contributed by atoms with E-state index in [1.54, 1.807) is 0 Å². The van der Waals surface area contributed by atoms with Crippen LogP contribution in [0.15, 0.2) is 18.2 Å². The Hall–Kier alpha value is -1.49. The number of rotatable bonds is 2. The Morgan fingerprint density at radius 3 is 2.42 bits per heavy atom. The number of benzene rings is 1. The molecule has 19 heavy (non-hydrogen) atoms. The largest absolute Gasteiger partial charge is 0.371 e. The minimum absolute atomic E-state index is 0.214. The van der Waals surface area contributed by atoms with Crippen LogP contribution in [0.3, 0.4) is 0 Å². The maximum absolute atomic E-state index is 8.94. The fraction of sp³-hybridized carbons (Fsp3) is 0.588. The van der Waals surface area contributed by atoms with E-state index in [2.05, 4.69) is 56.9 Å². The van der Waals surface area contributed by atoms with Crippen molar-refractivity contribution in [2.75, 3.05) is 18.0 Å². The third kappa shape index (κ3) is 3.10. The molecule has 102 valence electrons. The number of nitriles is 1. The van der Waals surface area contributed by atoms with Crippen LogP contribution in [0.5, 0.6) is 0 Å². The molecule has 2 rings (SSSR count). The second-order valence-electron chi connectivity index (χ2n) is 6.60. The van der Waals surface area contributed by atoms with Gasteiger partial charge in [0.1, 0.15) is 0 Å². The van der Waals surface area contributed by atoms with E-state index in [4.69, 9.17) is 5.26 Å². The van der Waals surface area contributed by atoms with E-state index in [9.17, 15) is 0 Å². The van der Waals surface area contributed by atoms with E-state index < -0.39 is 0 Å². The maximum Gasteiger partial charge on any atom is 0.0624 e. The molecule has 0 radical (unpaired) electrons. The van der Waals surface area contributed by atoms with E-state index in [1.807, 2.05) is 0 Å². The minimum Gasteiger partial charge on any atom is -0.371 e. The van der Waals surface area contributed by atoms with Crippen LogP contribution < -0.4 is 4.90 Å². The van der Waals surface area contributed by atoms with Crippen molar-refractivity contribution in [2.24, 2.45) is 11.3 Å². The number of hydrogen-bond donors (Lipinski definition) is 0. The van der Waals surface area contributed by atoms with E-state index >= 15 is 0 Å². The molecule has 1 unspecified atom stereocenters. The highest BCUT2D eigenvalue weighted by Crippen LogP contribution is 2.38. The molecule has 1 aliphatic heterocycles. The lowest BCUT2D eigenvalue weighted by Crippen LogP contribution is -2.45. The smallest absolute Gasteiger partial charge is 0.0624 e. The van der Waals surface area contributed by atoms with Gasteiger partial charge < -0.3 is 4.90 Å². The molecule has 1 fully saturated rings. The maximum atomic E-state index is 8.94. The van der Waals surface area contributed by atoms with Gasteiger partial charge in [0.25, 0.3) is 0 Å². The van der Waals surface area contributed by atoms with Crippen molar-refractivity contribution in [3.8, 4) is 6.07 Å². The van der Waals surface area contributed by atoms with Gasteiger partial charge in [-0.15, -0.1) is 0 Å². The standard InChI is InChI=1S/C17H24N2/c1-13-9-14(2)11-16(10-13)19-8-6-15(5-7-18)17(3,4)12-19/h9-11,15H,5-6,8,12H2,1-4H3. The minimum atomic E-state index is 0.214. The van der Waals surface area contributed by atoms with Crippen molar-refractivity contribution in [3.63, 3.8) is 0 Å². The summed E-state index contributed by atoms with van der Waals surface area (Å²) in [5.41, 5.74) is 4.20. The molecule has 0 N–H and O–H groups in total. The molecule has 0 aromatic heterocycles. The Morgan fingerprint density at radius 1 is 1.26 bits per heavy atom. The zero-order valence-corrected chi connectivity index (χ0v) is 12.5. The summed E-state index contributed by atoms with van der Waals surface area (Å²) in [6, 6.07) is 9.11. The Bertz CT molecular complexity index is 476. The molecule has 1 aromatic carbocycles. The molecule has 0 spiro atoms. The van der Waals surface area contributed by atoms with Gasteiger partial charge in [-0.25, -0.2) is 0 Å². The first-order valence-electron chi connectivity index (χ1n) is 7.12. The number of nitrogens with zero attached hydrogens (tertiary/aromatic N) is 2. The second kappa shape index (κ2) is 5.25. The van der Waals surface area contributed by atoms with Crippen molar-refractivity contribution < 1.29 is 0 Å². The third-order valence-corrected chi connectivity index (χ3v) is 4.36. The van der Waals surface area contributed by atoms with Crippen LogP contribution in [0.4, 0.5) is 5.69 Å². The van der Waals surface area contributed by atoms with Crippen LogP contribution in [0, 0.1) is 36.5 Å². The van der Waals surface area contributed by atoms with Gasteiger partial charge in [0.05, 0.1) is 6.07 Å². The van der Waals surface area contributed by atoms with Gasteiger partial charge in [0.2, 0.25) is 0 Å². The monoisotopic (exact) mass is 256 g/mol. The summed E-state index contributed by atoms with van der Waals surface area (Å²) >= 11 is 0. The number of hydrogen-bond acceptors (Lipinski definition) is 2. The van der Waals surface area contributed by atoms with Gasteiger partial charge in [-0.2, -0.15) is 5.26 Å². The molecule has 2 heteroatoms. The summed E-state index contributed by atoms with van der Waals surface area (Å²) in [4.78, 5) is 2.48. The molecular weight excluding hydrogens is 232 g/mol. The SMILES string of the molecule is Cc1cc(C)cc(N2CCC(CC#N)C(C)(C)C2)c1. The first-order chi connectivity index (χ1) is 8.92. The number of piperidine rings is 1. The lowest BCUT2D eigenvalue weighted by Gasteiger charge is -2.44. The highest BCUT2D eigenvalue weighted by molar-refractivity contribution is 5.51. The van der Waals surface area contributed by atoms with Gasteiger partial charge in [-0.05, 0) is 54.9 Å². The second-order valence-corrected chi connectivity index (χ2v) is 6.60. The fourth-order valence-electron chi connectivity index (χ4n) is 3.24. The van der Waals surface area contributed by atoms with Crippen molar-refractivity contribution in [1.82, 2.24) is 0 Å². The molecular formula is C17H24N2. The Morgan fingerprint density at radius 2 is 1.89 bits per heavy atom. The van der Waals surface area contributed by atoms with Gasteiger partial charge >= 0.3 is 0 Å². The van der Waals surface area contributed by atoms with Crippen LogP contribution >= 0.6 is 0 Å². The molecule has 2 nitrogen and oxygen atoms in total. The van der Waals surface area contributed by atoms with Crippen molar-refractivity contribution in [3.05, 3.63) is 29.3 Å². The van der Waals surface area contributed by atoms with Gasteiger partial charge in [0.15, 0.2) is 0 Å². The summed E-state index contributed by atoms with van der Waals surface area (Å²) in [6.45, 7) is 11.0. The summed E-state index contributed by atoms with van der Waals surface area (Å²) in [6.07, 6.45) is 1.81. The molecule has 1 atom stereocenters. The zero-order valence-electron chi connectivity index (χ0n) is 12.5. The van der Waals surface area contributed by atoms with Crippen LogP contribution in [0.2, 0.25) is 0 Å². The fourth-order valence-corrected chi connectivity index (χ4v) is 3.24. The average molecular weight is 256 g/mol. The van der Waals surface area contributed by atoms with Crippen LogP contribution in [-0.4, -0.2) is 13.1 Å². The molecule has 1 aliphatic rings. The molecule has 0 aliphatic carbocycles. The van der Waals surface area contributed by atoms with Crippen LogP contribution in [-0.2, 0) is 0 Å². The van der Waals surface area contributed by atoms with Gasteiger partial charge in [0, 0.05) is 25.2 Å². The summed E-state index contributed by atoms with van der Waals surface area (Å²) < 4.78 is 0. The van der Waals surface area contributed by atoms with E-state index in [0.29, 0.717) is 12.3 Å². The highest BCUT2D eigenvalue weighted by atomic mass is 15.1. The molecule has 0 bridgehead atoms. The quantitative estimate of drug-likeness (QED) is 0.797. The molecule has 0 saturated carbocycles. The lowest BCUT2D eigenvalue weighted by atomic mass is 9.72. The van der Waals surface area contributed by atoms with Gasteiger partial charge in [-0.1, -0.05) is 19.9 Å². The number of aryl methyl sites for hydroxylation is 2. The molecule has 1 heterocycles. The summed E-state index contributed by atoms with van der Waals surface area (Å²) in [5.74, 6) is 0.527. The van der Waals surface area contributed by atoms with Crippen molar-refractivity contribution in [1.29, 1.82) is 5.26 Å². The van der Waals surface area contributed by atoms with E-state index in [0.717, 1.165) is 19.5 Å². The Kier molecular flexibility index (Phi) is 3.85. The highest BCUT2D eigenvalue weighted by Gasteiger charge is 2.35. The van der Waals surface area contributed by atoms with E-state index in [1.165, 1.54) is 16.8 Å². The Balaban J connectivity index is 2.18. The first kappa shape index (κ1) is 13.9. The van der Waals surface area contributed by atoms with Gasteiger partial charge in [-0.3, -0.25) is 0 Å². The molecule has 1 aromatic rings. The summed E-state index contributed by atoms with van der Waals surface area (Å²) in [7, 11) is 0. The summed E-state index contributed by atoms with van der Waals surface area (Å²) in [5, 5.41) is 8.94. The topological polar surface area (TPSA) is 27.0 Å². The predicted octanol–water partition coefficient (Wildman–Crippen LogP) is 4.07. The van der Waals surface area contributed by atoms with Crippen LogP contribution in [0.25, 0.3) is 0 Å². The Labute approximate surface area is 117 Å². The zero-order chi connectivity index (χ0) is 14.0. The number of anilines is 1. The van der Waals surface area contributed by atoms with Crippen molar-refractivity contribution in [2.45, 2.75) is 40.5 Å². The first-order valence-corrected chi connectivity index (χ1v) is 7.12. The van der Waals surface area contributed by atoms with Crippen molar-refractivity contribution >= 4 is 5.69 Å². The third-order valence-electron chi connectivity index (χ3n) is 4.36. The van der Waals surface area contributed by atoms with Crippen LogP contribution in [0.1, 0.15) is 37.8 Å². The average Bonchev–Trinajstić information content (AvgIpc) is 2.30. The normalized spacial score (nSPS) is 22.1. The molecule has 0 amide bonds. The van der Waals surface area contributed by atoms with E-state index in [-0.39, 0.29) is 5.41 Å². The lowest BCUT2D eigenvalue weighted by molar-refractivity contribution is 0.179.